The zero-order valence-electron chi connectivity index (χ0n) is 15.9. The summed E-state index contributed by atoms with van der Waals surface area (Å²) in [5.74, 6) is -0.118. The molecule has 1 fully saturated rings. The maximum absolute atomic E-state index is 12.8. The molecular weight excluding hydrogens is 410 g/mol. The summed E-state index contributed by atoms with van der Waals surface area (Å²) >= 11 is 7.40. The number of rotatable bonds is 3. The first kappa shape index (κ1) is 19.7. The minimum atomic E-state index is -0.415. The molecule has 2 aromatic rings. The highest BCUT2D eigenvalue weighted by Gasteiger charge is 2.39. The second-order valence-corrected chi connectivity index (χ2v) is 8.67. The van der Waals surface area contributed by atoms with Gasteiger partial charge in [0.05, 0.1) is 18.2 Å². The summed E-state index contributed by atoms with van der Waals surface area (Å²) in [6.07, 6.45) is 1.68. The number of urea groups is 1. The van der Waals surface area contributed by atoms with Crippen LogP contribution in [0.25, 0.3) is 0 Å². The van der Waals surface area contributed by atoms with Crippen LogP contribution in [-0.4, -0.2) is 28.7 Å². The van der Waals surface area contributed by atoms with E-state index in [4.69, 9.17) is 11.6 Å². The smallest absolute Gasteiger partial charge is 0.324 e. The Hall–Kier alpha value is -2.64. The molecule has 1 atom stereocenters. The maximum atomic E-state index is 12.8. The SMILES string of the molecule is C=C1CCC(N2Cc3c(csc3NC(=O)Nc3ccc(C)c(Cl)c3)C2=O)C(=O)C1. The van der Waals surface area contributed by atoms with Gasteiger partial charge in [0.15, 0.2) is 5.78 Å². The first-order chi connectivity index (χ1) is 13.8. The Kier molecular flexibility index (Phi) is 5.19. The molecule has 29 heavy (non-hydrogen) atoms. The summed E-state index contributed by atoms with van der Waals surface area (Å²) in [4.78, 5) is 39.2. The van der Waals surface area contributed by atoms with Crippen molar-refractivity contribution in [3.8, 4) is 0 Å². The average Bonchev–Trinajstić information content (AvgIpc) is 3.19. The van der Waals surface area contributed by atoms with E-state index in [0.717, 1.165) is 23.1 Å². The molecule has 0 saturated heterocycles. The highest BCUT2D eigenvalue weighted by atomic mass is 35.5. The van der Waals surface area contributed by atoms with Crippen LogP contribution in [0.15, 0.2) is 35.7 Å². The lowest BCUT2D eigenvalue weighted by Crippen LogP contribution is -2.43. The zero-order chi connectivity index (χ0) is 20.7. The number of fused-ring (bicyclic) bond motifs is 1. The lowest BCUT2D eigenvalue weighted by molar-refractivity contribution is -0.124. The molecule has 1 aromatic heterocycles. The Balaban J connectivity index is 1.46. The number of Topliss-reactive ketones (excluding diaryl/α,β-unsaturated/α-hetero) is 1. The molecule has 0 spiro atoms. The van der Waals surface area contributed by atoms with Crippen LogP contribution in [0, 0.1) is 6.92 Å². The number of benzene rings is 1. The molecular formula is C21H20ClN3O3S. The molecule has 1 aliphatic heterocycles. The fraction of sp³-hybridized carbons (Fsp3) is 0.286. The van der Waals surface area contributed by atoms with Crippen LogP contribution in [0.3, 0.4) is 0 Å². The number of thiophene rings is 1. The summed E-state index contributed by atoms with van der Waals surface area (Å²) in [5.41, 5.74) is 3.74. The predicted octanol–water partition coefficient (Wildman–Crippen LogP) is 4.99. The minimum absolute atomic E-state index is 0.0342. The molecule has 150 valence electrons. The number of halogens is 1. The third kappa shape index (κ3) is 3.80. The van der Waals surface area contributed by atoms with E-state index in [0.29, 0.717) is 40.7 Å². The van der Waals surface area contributed by atoms with Crippen molar-refractivity contribution >= 4 is 51.3 Å². The van der Waals surface area contributed by atoms with E-state index in [9.17, 15) is 14.4 Å². The van der Waals surface area contributed by atoms with E-state index in [-0.39, 0.29) is 11.7 Å². The number of aryl methyl sites for hydroxylation is 1. The highest BCUT2D eigenvalue weighted by Crippen LogP contribution is 2.38. The molecule has 1 aliphatic carbocycles. The zero-order valence-corrected chi connectivity index (χ0v) is 17.5. The molecule has 1 unspecified atom stereocenters. The van der Waals surface area contributed by atoms with Gasteiger partial charge in [0.2, 0.25) is 0 Å². The third-order valence-electron chi connectivity index (χ3n) is 5.31. The molecule has 1 aromatic carbocycles. The number of carbonyl (C=O) groups excluding carboxylic acids is 3. The standard InChI is InChI=1S/C21H20ClN3O3S/c1-11-3-6-17(18(26)7-11)25-9-14-15(20(25)27)10-29-19(14)24-21(28)23-13-5-4-12(2)16(22)8-13/h4-5,8,10,17H,1,3,6-7,9H2,2H3,(H2,23,24,28). The quantitative estimate of drug-likeness (QED) is 0.675. The number of amides is 3. The van der Waals surface area contributed by atoms with Gasteiger partial charge in [0, 0.05) is 28.1 Å². The number of carbonyl (C=O) groups is 3. The second kappa shape index (κ2) is 7.65. The number of anilines is 2. The molecule has 2 aliphatic rings. The summed E-state index contributed by atoms with van der Waals surface area (Å²) in [5, 5.41) is 8.48. The van der Waals surface area contributed by atoms with Gasteiger partial charge in [-0.1, -0.05) is 29.8 Å². The first-order valence-corrected chi connectivity index (χ1v) is 10.5. The summed E-state index contributed by atoms with van der Waals surface area (Å²) < 4.78 is 0. The van der Waals surface area contributed by atoms with Crippen molar-refractivity contribution in [3.63, 3.8) is 0 Å². The number of hydrogen-bond acceptors (Lipinski definition) is 4. The van der Waals surface area contributed by atoms with Gasteiger partial charge in [0.1, 0.15) is 5.00 Å². The van der Waals surface area contributed by atoms with Crippen molar-refractivity contribution < 1.29 is 14.4 Å². The van der Waals surface area contributed by atoms with Crippen molar-refractivity contribution in [1.29, 1.82) is 0 Å². The monoisotopic (exact) mass is 429 g/mol. The first-order valence-electron chi connectivity index (χ1n) is 9.28. The van der Waals surface area contributed by atoms with Crippen LogP contribution in [0.2, 0.25) is 5.02 Å². The number of nitrogens with one attached hydrogen (secondary N) is 2. The average molecular weight is 430 g/mol. The summed E-state index contributed by atoms with van der Waals surface area (Å²) in [7, 11) is 0. The molecule has 3 amide bonds. The normalized spacial score (nSPS) is 18.8. The van der Waals surface area contributed by atoms with Crippen LogP contribution in [0.4, 0.5) is 15.5 Å². The molecule has 6 nitrogen and oxygen atoms in total. The number of hydrogen-bond donors (Lipinski definition) is 2. The van der Waals surface area contributed by atoms with E-state index in [1.165, 1.54) is 11.3 Å². The number of ketones is 1. The molecule has 0 radical (unpaired) electrons. The van der Waals surface area contributed by atoms with Gasteiger partial charge in [-0.2, -0.15) is 0 Å². The van der Waals surface area contributed by atoms with E-state index in [2.05, 4.69) is 17.2 Å². The van der Waals surface area contributed by atoms with Crippen molar-refractivity contribution in [2.45, 2.75) is 38.8 Å². The van der Waals surface area contributed by atoms with E-state index in [1.54, 1.807) is 22.4 Å². The summed E-state index contributed by atoms with van der Waals surface area (Å²) in [6.45, 7) is 6.09. The van der Waals surface area contributed by atoms with Crippen LogP contribution < -0.4 is 10.6 Å². The highest BCUT2D eigenvalue weighted by molar-refractivity contribution is 7.15. The van der Waals surface area contributed by atoms with Gasteiger partial charge in [-0.05, 0) is 37.5 Å². The van der Waals surface area contributed by atoms with Crippen molar-refractivity contribution in [2.75, 3.05) is 10.6 Å². The van der Waals surface area contributed by atoms with Crippen LogP contribution >= 0.6 is 22.9 Å². The van der Waals surface area contributed by atoms with Crippen molar-refractivity contribution in [1.82, 2.24) is 4.90 Å². The van der Waals surface area contributed by atoms with E-state index in [1.807, 2.05) is 13.0 Å². The van der Waals surface area contributed by atoms with Crippen molar-refractivity contribution in [3.05, 3.63) is 57.4 Å². The van der Waals surface area contributed by atoms with Crippen LogP contribution in [0.1, 0.15) is 40.7 Å². The predicted molar refractivity (Wildman–Crippen MR) is 115 cm³/mol. The van der Waals surface area contributed by atoms with E-state index < -0.39 is 12.1 Å². The lowest BCUT2D eigenvalue weighted by Gasteiger charge is -2.30. The topological polar surface area (TPSA) is 78.5 Å². The molecule has 8 heteroatoms. The Morgan fingerprint density at radius 3 is 2.83 bits per heavy atom. The van der Waals surface area contributed by atoms with Crippen LogP contribution in [0.5, 0.6) is 0 Å². The summed E-state index contributed by atoms with van der Waals surface area (Å²) in [6, 6.07) is 4.45. The van der Waals surface area contributed by atoms with Gasteiger partial charge in [-0.25, -0.2) is 4.79 Å². The molecule has 2 N–H and O–H groups in total. The van der Waals surface area contributed by atoms with Gasteiger partial charge in [-0.3, -0.25) is 14.9 Å². The number of nitrogens with zero attached hydrogens (tertiary/aromatic N) is 1. The Bertz CT molecular complexity index is 1050. The minimum Gasteiger partial charge on any atom is -0.324 e. The molecule has 4 rings (SSSR count). The lowest BCUT2D eigenvalue weighted by atomic mass is 9.90. The molecule has 1 saturated carbocycles. The van der Waals surface area contributed by atoms with Gasteiger partial charge >= 0.3 is 6.03 Å². The molecule has 0 bridgehead atoms. The largest absolute Gasteiger partial charge is 0.324 e. The Labute approximate surface area is 177 Å². The maximum Gasteiger partial charge on any atom is 0.324 e. The van der Waals surface area contributed by atoms with Gasteiger partial charge in [-0.15, -0.1) is 11.3 Å². The van der Waals surface area contributed by atoms with Gasteiger partial charge in [0.25, 0.3) is 5.91 Å². The van der Waals surface area contributed by atoms with E-state index >= 15 is 0 Å². The number of allylic oxidation sites excluding steroid dienone is 1. The van der Waals surface area contributed by atoms with Crippen LogP contribution in [-0.2, 0) is 11.3 Å². The van der Waals surface area contributed by atoms with Gasteiger partial charge < -0.3 is 10.2 Å². The molecule has 2 heterocycles. The second-order valence-electron chi connectivity index (χ2n) is 7.38. The van der Waals surface area contributed by atoms with Crippen molar-refractivity contribution in [2.24, 2.45) is 0 Å². The third-order valence-corrected chi connectivity index (χ3v) is 6.66. The fourth-order valence-electron chi connectivity index (χ4n) is 3.69. The Morgan fingerprint density at radius 2 is 2.10 bits per heavy atom. The fourth-order valence-corrected chi connectivity index (χ4v) is 4.82. The Morgan fingerprint density at radius 1 is 1.31 bits per heavy atom.